The van der Waals surface area contributed by atoms with Crippen LogP contribution in [-0.2, 0) is 21.1 Å². The molecule has 0 aliphatic carbocycles. The molecule has 0 atom stereocenters. The first-order chi connectivity index (χ1) is 15.0. The van der Waals surface area contributed by atoms with E-state index in [2.05, 4.69) is 9.47 Å². The molecule has 0 fully saturated rings. The third kappa shape index (κ3) is 5.78. The van der Waals surface area contributed by atoms with Crippen LogP contribution in [0.25, 0.3) is 6.08 Å². The molecule has 11 heteroatoms. The van der Waals surface area contributed by atoms with Gasteiger partial charge in [0, 0.05) is 36.2 Å². The molecule has 3 rings (SSSR count). The Kier molecular flexibility index (Phi) is 7.07. The van der Waals surface area contributed by atoms with Gasteiger partial charge in [0.25, 0.3) is 5.91 Å². The number of alkyl halides is 4. The quantitative estimate of drug-likeness (QED) is 0.443. The van der Waals surface area contributed by atoms with Crippen LogP contribution in [0.4, 0.5) is 23.2 Å². The number of halogens is 4. The van der Waals surface area contributed by atoms with Crippen molar-refractivity contribution in [2.75, 3.05) is 17.7 Å². The maximum atomic E-state index is 12.8. The summed E-state index contributed by atoms with van der Waals surface area (Å²) in [5, 5.41) is 0. The predicted octanol–water partition coefficient (Wildman–Crippen LogP) is 4.29. The molecular formula is C21H19F4NO5S. The number of fused-ring (bicyclic) bond motifs is 1. The first kappa shape index (κ1) is 23.6. The maximum Gasteiger partial charge on any atom is 0.387 e. The van der Waals surface area contributed by atoms with E-state index in [-0.39, 0.29) is 16.2 Å². The summed E-state index contributed by atoms with van der Waals surface area (Å²) in [6.07, 6.45) is 4.68. The molecule has 1 amide bonds. The fourth-order valence-electron chi connectivity index (χ4n) is 3.31. The van der Waals surface area contributed by atoms with Gasteiger partial charge in [-0.05, 0) is 54.8 Å². The van der Waals surface area contributed by atoms with Crippen molar-refractivity contribution in [2.24, 2.45) is 0 Å². The van der Waals surface area contributed by atoms with E-state index in [1.807, 2.05) is 0 Å². The summed E-state index contributed by atoms with van der Waals surface area (Å²) in [6.45, 7) is -5.96. The zero-order chi connectivity index (χ0) is 23.5. The fourth-order valence-corrected chi connectivity index (χ4v) is 3.98. The number of hydrogen-bond donors (Lipinski definition) is 0. The molecule has 0 N–H and O–H groups in total. The van der Waals surface area contributed by atoms with E-state index >= 15 is 0 Å². The lowest BCUT2D eigenvalue weighted by Crippen LogP contribution is -2.34. The van der Waals surface area contributed by atoms with Crippen LogP contribution < -0.4 is 14.4 Å². The molecule has 2 aromatic rings. The molecule has 172 valence electrons. The summed E-state index contributed by atoms with van der Waals surface area (Å²) in [5.41, 5.74) is 1.32. The van der Waals surface area contributed by atoms with Crippen molar-refractivity contribution in [3.8, 4) is 11.5 Å². The predicted molar refractivity (Wildman–Crippen MR) is 109 cm³/mol. The largest absolute Gasteiger partial charge is 0.435 e. The Morgan fingerprint density at radius 2 is 1.78 bits per heavy atom. The van der Waals surface area contributed by atoms with E-state index in [0.717, 1.165) is 24.5 Å². The van der Waals surface area contributed by atoms with Crippen LogP contribution in [0.5, 0.6) is 11.5 Å². The first-order valence-corrected chi connectivity index (χ1v) is 11.3. The summed E-state index contributed by atoms with van der Waals surface area (Å²) in [5.74, 6) is -1.27. The lowest BCUT2D eigenvalue weighted by Gasteiger charge is -2.29. The topological polar surface area (TPSA) is 72.9 Å². The molecule has 0 saturated heterocycles. The maximum absolute atomic E-state index is 12.8. The minimum atomic E-state index is -3.40. The molecule has 0 spiro atoms. The van der Waals surface area contributed by atoms with Gasteiger partial charge in [-0.2, -0.15) is 17.6 Å². The second-order valence-electron chi connectivity index (χ2n) is 6.95. The molecular weight excluding hydrogens is 454 g/mol. The Morgan fingerprint density at radius 3 is 2.44 bits per heavy atom. The molecule has 1 aliphatic heterocycles. The van der Waals surface area contributed by atoms with E-state index in [0.29, 0.717) is 30.6 Å². The van der Waals surface area contributed by atoms with Gasteiger partial charge in [0.2, 0.25) is 0 Å². The van der Waals surface area contributed by atoms with Gasteiger partial charge < -0.3 is 14.4 Å². The first-order valence-electron chi connectivity index (χ1n) is 9.41. The van der Waals surface area contributed by atoms with Gasteiger partial charge in [0.05, 0.1) is 4.90 Å². The van der Waals surface area contributed by atoms with Crippen LogP contribution >= 0.6 is 0 Å². The summed E-state index contributed by atoms with van der Waals surface area (Å²) < 4.78 is 82.3. The molecule has 6 nitrogen and oxygen atoms in total. The summed E-state index contributed by atoms with van der Waals surface area (Å²) in [6, 6.07) is 7.73. The van der Waals surface area contributed by atoms with Gasteiger partial charge in [-0.25, -0.2) is 8.42 Å². The Labute approximate surface area is 182 Å². The highest BCUT2D eigenvalue weighted by Crippen LogP contribution is 2.31. The normalized spacial score (nSPS) is 14.2. The monoisotopic (exact) mass is 473 g/mol. The van der Waals surface area contributed by atoms with Gasteiger partial charge in [-0.15, -0.1) is 0 Å². The minimum Gasteiger partial charge on any atom is -0.435 e. The van der Waals surface area contributed by atoms with Crippen molar-refractivity contribution >= 4 is 27.5 Å². The zero-order valence-corrected chi connectivity index (χ0v) is 17.6. The smallest absolute Gasteiger partial charge is 0.387 e. The average Bonchev–Trinajstić information content (AvgIpc) is 2.70. The molecule has 0 saturated carbocycles. The molecule has 2 aromatic carbocycles. The van der Waals surface area contributed by atoms with E-state index in [1.54, 1.807) is 6.07 Å². The molecule has 1 aliphatic rings. The van der Waals surface area contributed by atoms with Crippen molar-refractivity contribution in [3.63, 3.8) is 0 Å². The van der Waals surface area contributed by atoms with Crippen LogP contribution in [0, 0.1) is 0 Å². The van der Waals surface area contributed by atoms with Crippen LogP contribution in [0.3, 0.4) is 0 Å². The van der Waals surface area contributed by atoms with E-state index in [4.69, 9.17) is 0 Å². The highest BCUT2D eigenvalue weighted by Gasteiger charge is 2.23. The number of carbonyl (C=O) groups is 1. The molecule has 1 heterocycles. The number of ether oxygens (including phenoxy) is 2. The lowest BCUT2D eigenvalue weighted by atomic mass is 10.0. The number of anilines is 1. The fraction of sp³-hybridized carbons (Fsp3) is 0.286. The lowest BCUT2D eigenvalue weighted by molar-refractivity contribution is -0.114. The van der Waals surface area contributed by atoms with Crippen LogP contribution in [-0.4, -0.2) is 40.3 Å². The van der Waals surface area contributed by atoms with Gasteiger partial charge in [-0.1, -0.05) is 0 Å². The van der Waals surface area contributed by atoms with Crippen LogP contribution in [0.2, 0.25) is 0 Å². The SMILES string of the molecule is CS(=O)(=O)c1ccc2c(c1)CCCN2C(=O)/C=C/c1ccc(OC(F)F)cc1OC(F)F. The number of nitrogens with zero attached hydrogens (tertiary/aromatic N) is 1. The number of rotatable bonds is 7. The Morgan fingerprint density at radius 1 is 1.06 bits per heavy atom. The Hall–Kier alpha value is -3.08. The minimum absolute atomic E-state index is 0.0601. The zero-order valence-electron chi connectivity index (χ0n) is 16.8. The number of hydrogen-bond acceptors (Lipinski definition) is 5. The number of sulfone groups is 1. The number of amides is 1. The van der Waals surface area contributed by atoms with Crippen molar-refractivity contribution < 1.29 is 40.2 Å². The molecule has 0 unspecified atom stereocenters. The summed E-state index contributed by atoms with van der Waals surface area (Å²) in [7, 11) is -3.40. The van der Waals surface area contributed by atoms with E-state index in [1.165, 1.54) is 29.2 Å². The van der Waals surface area contributed by atoms with E-state index < -0.39 is 34.7 Å². The standard InChI is InChI=1S/C21H19F4NO5S/c1-32(28,29)16-7-8-17-14(11-16)3-2-10-26(17)19(27)9-5-13-4-6-15(30-20(22)23)12-18(13)31-21(24)25/h4-9,11-12,20-21H,2-3,10H2,1H3/b9-5+. The second-order valence-corrected chi connectivity index (χ2v) is 8.96. The van der Waals surface area contributed by atoms with Gasteiger partial charge >= 0.3 is 13.2 Å². The average molecular weight is 473 g/mol. The third-order valence-electron chi connectivity index (χ3n) is 4.70. The van der Waals surface area contributed by atoms with Crippen molar-refractivity contribution in [1.29, 1.82) is 0 Å². The molecule has 0 bridgehead atoms. The van der Waals surface area contributed by atoms with Gasteiger partial charge in [0.1, 0.15) is 11.5 Å². The molecule has 32 heavy (non-hydrogen) atoms. The van der Waals surface area contributed by atoms with Gasteiger partial charge in [-0.3, -0.25) is 4.79 Å². The van der Waals surface area contributed by atoms with Crippen molar-refractivity contribution in [2.45, 2.75) is 31.0 Å². The number of carbonyl (C=O) groups excluding carboxylic acids is 1. The number of aryl methyl sites for hydroxylation is 1. The molecule has 0 aromatic heterocycles. The molecule has 0 radical (unpaired) electrons. The van der Waals surface area contributed by atoms with E-state index in [9.17, 15) is 30.8 Å². The van der Waals surface area contributed by atoms with Crippen LogP contribution in [0.15, 0.2) is 47.4 Å². The highest BCUT2D eigenvalue weighted by atomic mass is 32.2. The third-order valence-corrected chi connectivity index (χ3v) is 5.81. The second kappa shape index (κ2) is 9.60. The van der Waals surface area contributed by atoms with Crippen LogP contribution in [0.1, 0.15) is 17.5 Å². The van der Waals surface area contributed by atoms with Crippen molar-refractivity contribution in [1.82, 2.24) is 0 Å². The highest BCUT2D eigenvalue weighted by molar-refractivity contribution is 7.90. The Balaban J connectivity index is 1.85. The van der Waals surface area contributed by atoms with Crippen molar-refractivity contribution in [3.05, 3.63) is 53.6 Å². The summed E-state index contributed by atoms with van der Waals surface area (Å²) in [4.78, 5) is 14.4. The summed E-state index contributed by atoms with van der Waals surface area (Å²) >= 11 is 0. The Bertz CT molecular complexity index is 1140. The van der Waals surface area contributed by atoms with Gasteiger partial charge in [0.15, 0.2) is 9.84 Å². The number of benzene rings is 2.